The molecule has 1 saturated carbocycles. The van der Waals surface area contributed by atoms with Crippen molar-refractivity contribution in [2.75, 3.05) is 20.3 Å². The Hall–Kier alpha value is -0.900. The minimum atomic E-state index is -0.756. The zero-order valence-corrected chi connectivity index (χ0v) is 9.11. The Morgan fingerprint density at radius 3 is 2.20 bits per heavy atom. The summed E-state index contributed by atoms with van der Waals surface area (Å²) in [6.45, 7) is 1.21. The van der Waals surface area contributed by atoms with E-state index >= 15 is 0 Å². The van der Waals surface area contributed by atoms with Gasteiger partial charge in [-0.3, -0.25) is 4.79 Å². The molecule has 0 bridgehead atoms. The van der Waals surface area contributed by atoms with Crippen LogP contribution in [0.3, 0.4) is 0 Å². The van der Waals surface area contributed by atoms with E-state index in [2.05, 4.69) is 0 Å². The molecule has 0 spiro atoms. The fourth-order valence-electron chi connectivity index (χ4n) is 2.03. The lowest BCUT2D eigenvalue weighted by Crippen LogP contribution is -2.22. The van der Waals surface area contributed by atoms with E-state index in [9.17, 15) is 9.59 Å². The largest absolute Gasteiger partial charge is 0.460 e. The predicted molar refractivity (Wildman–Crippen MR) is 54.3 cm³/mol. The average Bonchev–Trinajstić information content (AvgIpc) is 2.28. The third-order valence-corrected chi connectivity index (χ3v) is 2.93. The van der Waals surface area contributed by atoms with Crippen LogP contribution in [0.2, 0.25) is 0 Å². The van der Waals surface area contributed by atoms with Gasteiger partial charge in [0.25, 0.3) is 0 Å². The summed E-state index contributed by atoms with van der Waals surface area (Å²) in [5, 5.41) is 0. The van der Waals surface area contributed by atoms with Gasteiger partial charge in [0.1, 0.15) is 0 Å². The monoisotopic (exact) mass is 214 g/mol. The van der Waals surface area contributed by atoms with Crippen LogP contribution in [0.15, 0.2) is 0 Å². The van der Waals surface area contributed by atoms with Crippen molar-refractivity contribution >= 4 is 12.3 Å². The maximum absolute atomic E-state index is 10.6. The maximum atomic E-state index is 10.6. The quantitative estimate of drug-likeness (QED) is 0.392. The molecular weight excluding hydrogens is 196 g/mol. The number of rotatable bonds is 5. The van der Waals surface area contributed by atoms with Gasteiger partial charge >= 0.3 is 5.97 Å². The van der Waals surface area contributed by atoms with Crippen LogP contribution in [0.1, 0.15) is 25.7 Å². The predicted octanol–water partition coefficient (Wildman–Crippen LogP) is 1.18. The number of aldehydes is 1. The van der Waals surface area contributed by atoms with Crippen LogP contribution in [0.4, 0.5) is 0 Å². The molecule has 86 valence electrons. The van der Waals surface area contributed by atoms with Gasteiger partial charge in [-0.25, -0.2) is 4.79 Å². The Morgan fingerprint density at radius 2 is 1.73 bits per heavy atom. The SMILES string of the molecule is COCC1CCC(COC(=O)C=O)CC1. The highest BCUT2D eigenvalue weighted by Crippen LogP contribution is 2.28. The number of carbonyl (C=O) groups is 2. The molecule has 0 atom stereocenters. The summed E-state index contributed by atoms with van der Waals surface area (Å²) in [5.41, 5.74) is 0. The molecule has 0 aromatic heterocycles. The third kappa shape index (κ3) is 4.42. The third-order valence-electron chi connectivity index (χ3n) is 2.93. The smallest absolute Gasteiger partial charge is 0.371 e. The first kappa shape index (κ1) is 12.2. The summed E-state index contributed by atoms with van der Waals surface area (Å²) >= 11 is 0. The zero-order chi connectivity index (χ0) is 11.1. The first-order valence-corrected chi connectivity index (χ1v) is 5.37. The molecule has 0 aromatic rings. The van der Waals surface area contributed by atoms with E-state index in [1.165, 1.54) is 0 Å². The van der Waals surface area contributed by atoms with E-state index in [1.807, 2.05) is 0 Å². The van der Waals surface area contributed by atoms with Crippen molar-refractivity contribution in [1.82, 2.24) is 0 Å². The lowest BCUT2D eigenvalue weighted by atomic mass is 9.83. The highest BCUT2D eigenvalue weighted by molar-refractivity contribution is 6.20. The van der Waals surface area contributed by atoms with Gasteiger partial charge in [0.15, 0.2) is 0 Å². The first-order valence-electron chi connectivity index (χ1n) is 5.37. The van der Waals surface area contributed by atoms with Crippen molar-refractivity contribution in [1.29, 1.82) is 0 Å². The lowest BCUT2D eigenvalue weighted by molar-refractivity contribution is -0.150. The second-order valence-electron chi connectivity index (χ2n) is 4.09. The second-order valence-corrected chi connectivity index (χ2v) is 4.09. The number of ether oxygens (including phenoxy) is 2. The average molecular weight is 214 g/mol. The number of carbonyl (C=O) groups excluding carboxylic acids is 2. The van der Waals surface area contributed by atoms with E-state index in [1.54, 1.807) is 7.11 Å². The Kier molecular flexibility index (Phi) is 5.32. The lowest BCUT2D eigenvalue weighted by Gasteiger charge is -2.27. The first-order chi connectivity index (χ1) is 7.26. The molecule has 0 unspecified atom stereocenters. The molecule has 0 heterocycles. The number of esters is 1. The molecule has 0 aliphatic heterocycles. The fourth-order valence-corrected chi connectivity index (χ4v) is 2.03. The summed E-state index contributed by atoms with van der Waals surface area (Å²) in [5.74, 6) is 0.309. The Morgan fingerprint density at radius 1 is 1.20 bits per heavy atom. The molecule has 1 aliphatic rings. The van der Waals surface area contributed by atoms with Crippen LogP contribution in [0, 0.1) is 11.8 Å². The Balaban J connectivity index is 2.14. The van der Waals surface area contributed by atoms with Gasteiger partial charge in [-0.15, -0.1) is 0 Å². The van der Waals surface area contributed by atoms with Gasteiger partial charge in [-0.05, 0) is 37.5 Å². The van der Waals surface area contributed by atoms with Crippen molar-refractivity contribution in [2.24, 2.45) is 11.8 Å². The van der Waals surface area contributed by atoms with Gasteiger partial charge in [0.2, 0.25) is 6.29 Å². The topological polar surface area (TPSA) is 52.6 Å². The van der Waals surface area contributed by atoms with Gasteiger partial charge in [-0.2, -0.15) is 0 Å². The van der Waals surface area contributed by atoms with Crippen LogP contribution >= 0.6 is 0 Å². The minimum Gasteiger partial charge on any atom is -0.460 e. The van der Waals surface area contributed by atoms with E-state index in [0.717, 1.165) is 32.3 Å². The molecule has 1 rings (SSSR count). The van der Waals surface area contributed by atoms with Crippen molar-refractivity contribution in [3.05, 3.63) is 0 Å². The molecule has 15 heavy (non-hydrogen) atoms. The van der Waals surface area contributed by atoms with Crippen LogP contribution in [0.5, 0.6) is 0 Å². The molecular formula is C11H18O4. The molecule has 1 fully saturated rings. The van der Waals surface area contributed by atoms with Crippen LogP contribution in [-0.4, -0.2) is 32.6 Å². The zero-order valence-electron chi connectivity index (χ0n) is 9.11. The van der Waals surface area contributed by atoms with Crippen molar-refractivity contribution < 1.29 is 19.1 Å². The Bertz CT molecular complexity index is 207. The number of hydrogen-bond donors (Lipinski definition) is 0. The van der Waals surface area contributed by atoms with Crippen LogP contribution in [0.25, 0.3) is 0 Å². The maximum Gasteiger partial charge on any atom is 0.371 e. The van der Waals surface area contributed by atoms with Crippen molar-refractivity contribution in [2.45, 2.75) is 25.7 Å². The molecule has 4 nitrogen and oxygen atoms in total. The summed E-state index contributed by atoms with van der Waals surface area (Å²) in [4.78, 5) is 20.6. The number of methoxy groups -OCH3 is 1. The molecule has 4 heteroatoms. The molecule has 0 N–H and O–H groups in total. The summed E-state index contributed by atoms with van der Waals surface area (Å²) in [6, 6.07) is 0. The summed E-state index contributed by atoms with van der Waals surface area (Å²) < 4.78 is 9.89. The van der Waals surface area contributed by atoms with E-state index in [4.69, 9.17) is 9.47 Å². The van der Waals surface area contributed by atoms with Gasteiger partial charge < -0.3 is 9.47 Å². The van der Waals surface area contributed by atoms with E-state index in [0.29, 0.717) is 18.4 Å². The summed E-state index contributed by atoms with van der Waals surface area (Å²) in [7, 11) is 1.72. The van der Waals surface area contributed by atoms with Crippen LogP contribution < -0.4 is 0 Å². The van der Waals surface area contributed by atoms with Gasteiger partial charge in [-0.1, -0.05) is 0 Å². The summed E-state index contributed by atoms with van der Waals surface area (Å²) in [6.07, 6.45) is 4.57. The van der Waals surface area contributed by atoms with Gasteiger partial charge in [0, 0.05) is 13.7 Å². The molecule has 0 saturated heterocycles. The number of hydrogen-bond acceptors (Lipinski definition) is 4. The van der Waals surface area contributed by atoms with Gasteiger partial charge in [0.05, 0.1) is 6.61 Å². The van der Waals surface area contributed by atoms with E-state index < -0.39 is 5.97 Å². The van der Waals surface area contributed by atoms with E-state index in [-0.39, 0.29) is 6.29 Å². The molecule has 0 amide bonds. The molecule has 0 aromatic carbocycles. The van der Waals surface area contributed by atoms with Crippen molar-refractivity contribution in [3.8, 4) is 0 Å². The fraction of sp³-hybridized carbons (Fsp3) is 0.818. The highest BCUT2D eigenvalue weighted by Gasteiger charge is 2.21. The minimum absolute atomic E-state index is 0.219. The van der Waals surface area contributed by atoms with Crippen molar-refractivity contribution in [3.63, 3.8) is 0 Å². The van der Waals surface area contributed by atoms with Crippen LogP contribution in [-0.2, 0) is 19.1 Å². The molecule has 1 aliphatic carbocycles. The molecule has 0 radical (unpaired) electrons. The second kappa shape index (κ2) is 6.56. The Labute approximate surface area is 89.9 Å². The standard InChI is InChI=1S/C11H18O4/c1-14-7-9-2-4-10(5-3-9)8-15-11(13)6-12/h6,9-10H,2-5,7-8H2,1H3. The normalized spacial score (nSPS) is 25.9. The highest BCUT2D eigenvalue weighted by atomic mass is 16.5.